The summed E-state index contributed by atoms with van der Waals surface area (Å²) < 4.78 is 2.76. The van der Waals surface area contributed by atoms with Crippen molar-refractivity contribution in [3.8, 4) is 0 Å². The highest BCUT2D eigenvalue weighted by Crippen LogP contribution is 2.27. The van der Waals surface area contributed by atoms with Gasteiger partial charge >= 0.3 is 0 Å². The van der Waals surface area contributed by atoms with Crippen molar-refractivity contribution in [1.29, 1.82) is 0 Å². The first-order valence-corrected chi connectivity index (χ1v) is 11.3. The number of hydrogen-bond donors (Lipinski definition) is 1. The number of aryl methyl sites for hydroxylation is 1. The Hall–Kier alpha value is -1.83. The molecule has 1 aromatic carbocycles. The molecule has 0 aliphatic carbocycles. The third-order valence-electron chi connectivity index (χ3n) is 3.93. The fourth-order valence-electron chi connectivity index (χ4n) is 2.61. The maximum absolute atomic E-state index is 12.2. The van der Waals surface area contributed by atoms with Gasteiger partial charge in [0.2, 0.25) is 0 Å². The molecule has 26 heavy (non-hydrogen) atoms. The van der Waals surface area contributed by atoms with Crippen LogP contribution in [-0.2, 0) is 13.0 Å². The lowest BCUT2D eigenvalue weighted by Crippen LogP contribution is -2.25. The molecule has 0 saturated heterocycles. The molecule has 0 fully saturated rings. The summed E-state index contributed by atoms with van der Waals surface area (Å²) >= 11 is 4.60. The molecular weight excluding hydrogens is 382 g/mol. The van der Waals surface area contributed by atoms with Gasteiger partial charge in [0.05, 0.1) is 0 Å². The molecular formula is C19H21N3OS3. The predicted molar refractivity (Wildman–Crippen MR) is 113 cm³/mol. The van der Waals surface area contributed by atoms with E-state index in [1.807, 2.05) is 19.2 Å². The third-order valence-corrected chi connectivity index (χ3v) is 6.09. The van der Waals surface area contributed by atoms with Gasteiger partial charge in [0.1, 0.15) is 5.69 Å². The van der Waals surface area contributed by atoms with Crippen LogP contribution in [0.15, 0.2) is 47.2 Å². The fraction of sp³-hybridized carbons (Fsp3) is 0.263. The molecule has 3 aromatic rings. The molecule has 4 nitrogen and oxygen atoms in total. The Morgan fingerprint density at radius 1 is 1.23 bits per heavy atom. The number of anilines is 1. The van der Waals surface area contributed by atoms with Crippen LogP contribution in [0, 0.1) is 6.92 Å². The van der Waals surface area contributed by atoms with Crippen LogP contribution in [0.2, 0.25) is 0 Å². The van der Waals surface area contributed by atoms with Crippen molar-refractivity contribution in [2.24, 2.45) is 0 Å². The minimum Gasteiger partial charge on any atom is -0.343 e. The van der Waals surface area contributed by atoms with Gasteiger partial charge in [-0.25, -0.2) is 4.98 Å². The summed E-state index contributed by atoms with van der Waals surface area (Å²) in [4.78, 5) is 20.1. The predicted octanol–water partition coefficient (Wildman–Crippen LogP) is 4.77. The molecule has 1 amide bonds. The maximum atomic E-state index is 12.2. The van der Waals surface area contributed by atoms with Crippen LogP contribution < -0.4 is 9.62 Å². The summed E-state index contributed by atoms with van der Waals surface area (Å²) in [5.41, 5.74) is 3.09. The first-order valence-electron chi connectivity index (χ1n) is 8.28. The zero-order valence-electron chi connectivity index (χ0n) is 14.8. The Bertz CT molecular complexity index is 831. The van der Waals surface area contributed by atoms with Gasteiger partial charge in [-0.05, 0) is 41.3 Å². The molecule has 3 rings (SSSR count). The second-order valence-corrected chi connectivity index (χ2v) is 8.40. The van der Waals surface area contributed by atoms with Gasteiger partial charge in [0.15, 0.2) is 5.13 Å². The standard InChI is InChI=1S/C19H21N3OS3/c1-14-17(18(23)21-24-2)20-19(26-14)22(10-8-16-9-11-25-13-16)12-15-6-4-3-5-7-15/h3-7,9,11,13H,8,10,12H2,1-2H3,(H,21,23). The topological polar surface area (TPSA) is 45.2 Å². The van der Waals surface area contributed by atoms with E-state index in [9.17, 15) is 4.79 Å². The highest BCUT2D eigenvalue weighted by molar-refractivity contribution is 7.97. The molecule has 1 N–H and O–H groups in total. The van der Waals surface area contributed by atoms with E-state index in [4.69, 9.17) is 0 Å². The lowest BCUT2D eigenvalue weighted by molar-refractivity contribution is 0.0980. The molecule has 7 heteroatoms. The van der Waals surface area contributed by atoms with E-state index in [1.54, 1.807) is 22.7 Å². The van der Waals surface area contributed by atoms with Gasteiger partial charge in [0.25, 0.3) is 5.91 Å². The van der Waals surface area contributed by atoms with Crippen LogP contribution >= 0.6 is 34.6 Å². The lowest BCUT2D eigenvalue weighted by Gasteiger charge is -2.22. The number of carbonyl (C=O) groups excluding carboxylic acids is 1. The van der Waals surface area contributed by atoms with Crippen molar-refractivity contribution >= 4 is 45.7 Å². The van der Waals surface area contributed by atoms with Crippen LogP contribution in [0.1, 0.15) is 26.5 Å². The van der Waals surface area contributed by atoms with Crippen LogP contribution in [0.3, 0.4) is 0 Å². The summed E-state index contributed by atoms with van der Waals surface area (Å²) in [5.74, 6) is -0.130. The minimum absolute atomic E-state index is 0.130. The summed E-state index contributed by atoms with van der Waals surface area (Å²) in [7, 11) is 0. The van der Waals surface area contributed by atoms with Crippen molar-refractivity contribution in [3.63, 3.8) is 0 Å². The number of aromatic nitrogens is 1. The highest BCUT2D eigenvalue weighted by Gasteiger charge is 2.19. The minimum atomic E-state index is -0.130. The van der Waals surface area contributed by atoms with E-state index in [1.165, 1.54) is 23.1 Å². The van der Waals surface area contributed by atoms with Crippen molar-refractivity contribution in [2.75, 3.05) is 17.7 Å². The van der Waals surface area contributed by atoms with Gasteiger partial charge in [-0.15, -0.1) is 11.3 Å². The second-order valence-electron chi connectivity index (χ2n) is 5.83. The maximum Gasteiger partial charge on any atom is 0.280 e. The summed E-state index contributed by atoms with van der Waals surface area (Å²) in [6.45, 7) is 3.60. The normalized spacial score (nSPS) is 10.7. The number of thiophene rings is 1. The number of carbonyl (C=O) groups is 1. The van der Waals surface area contributed by atoms with Crippen LogP contribution in [0.5, 0.6) is 0 Å². The lowest BCUT2D eigenvalue weighted by atomic mass is 10.2. The molecule has 0 bridgehead atoms. The van der Waals surface area contributed by atoms with Crippen molar-refractivity contribution in [1.82, 2.24) is 9.71 Å². The van der Waals surface area contributed by atoms with E-state index in [-0.39, 0.29) is 5.91 Å². The van der Waals surface area contributed by atoms with E-state index in [2.05, 4.69) is 55.7 Å². The van der Waals surface area contributed by atoms with E-state index in [0.29, 0.717) is 5.69 Å². The van der Waals surface area contributed by atoms with Crippen molar-refractivity contribution in [2.45, 2.75) is 19.9 Å². The fourth-order valence-corrected chi connectivity index (χ4v) is 4.53. The average molecular weight is 404 g/mol. The molecule has 2 aromatic heterocycles. The van der Waals surface area contributed by atoms with E-state index in [0.717, 1.165) is 29.5 Å². The Kier molecular flexibility index (Phi) is 6.71. The smallest absolute Gasteiger partial charge is 0.280 e. The van der Waals surface area contributed by atoms with E-state index < -0.39 is 0 Å². The first kappa shape index (κ1) is 18.9. The summed E-state index contributed by atoms with van der Waals surface area (Å²) in [6, 6.07) is 12.5. The molecule has 0 saturated carbocycles. The molecule has 0 aliphatic heterocycles. The molecule has 0 spiro atoms. The third kappa shape index (κ3) is 4.87. The van der Waals surface area contributed by atoms with Gasteiger partial charge in [-0.1, -0.05) is 42.3 Å². The highest BCUT2D eigenvalue weighted by atomic mass is 32.2. The van der Waals surface area contributed by atoms with Crippen molar-refractivity contribution < 1.29 is 4.79 Å². The Morgan fingerprint density at radius 3 is 2.73 bits per heavy atom. The average Bonchev–Trinajstić information content (AvgIpc) is 3.29. The zero-order chi connectivity index (χ0) is 18.4. The molecule has 2 heterocycles. The van der Waals surface area contributed by atoms with E-state index >= 15 is 0 Å². The van der Waals surface area contributed by atoms with Crippen LogP contribution in [-0.4, -0.2) is 23.7 Å². The number of amides is 1. The second kappa shape index (κ2) is 9.21. The summed E-state index contributed by atoms with van der Waals surface area (Å²) in [5, 5.41) is 5.19. The van der Waals surface area contributed by atoms with Crippen LogP contribution in [0.25, 0.3) is 0 Å². The van der Waals surface area contributed by atoms with Gasteiger partial charge in [-0.2, -0.15) is 11.3 Å². The molecule has 0 unspecified atom stereocenters. The van der Waals surface area contributed by atoms with Gasteiger partial charge in [-0.3, -0.25) is 9.52 Å². The molecule has 0 radical (unpaired) electrons. The SMILES string of the molecule is CSNC(=O)c1nc(N(CCc2ccsc2)Cc2ccccc2)sc1C. The monoisotopic (exact) mass is 403 g/mol. The summed E-state index contributed by atoms with van der Waals surface area (Å²) in [6.07, 6.45) is 2.80. The van der Waals surface area contributed by atoms with Crippen molar-refractivity contribution in [3.05, 3.63) is 68.9 Å². The Labute approximate surface area is 166 Å². The molecule has 0 aliphatic rings. The Balaban J connectivity index is 1.82. The zero-order valence-corrected chi connectivity index (χ0v) is 17.2. The molecule has 136 valence electrons. The number of nitrogens with zero attached hydrogens (tertiary/aromatic N) is 2. The number of benzene rings is 1. The number of thiazole rings is 1. The number of rotatable bonds is 8. The Morgan fingerprint density at radius 2 is 2.04 bits per heavy atom. The van der Waals surface area contributed by atoms with Crippen LogP contribution in [0.4, 0.5) is 5.13 Å². The largest absolute Gasteiger partial charge is 0.343 e. The quantitative estimate of drug-likeness (QED) is 0.550. The van der Waals surface area contributed by atoms with Gasteiger partial charge in [0, 0.05) is 24.2 Å². The number of nitrogens with one attached hydrogen (secondary N) is 1. The molecule has 0 atom stereocenters. The first-order chi connectivity index (χ1) is 12.7. The number of hydrogen-bond acceptors (Lipinski definition) is 6. The van der Waals surface area contributed by atoms with Gasteiger partial charge < -0.3 is 4.90 Å².